The van der Waals surface area contributed by atoms with Crippen molar-refractivity contribution in [2.24, 2.45) is 0 Å². The summed E-state index contributed by atoms with van der Waals surface area (Å²) in [5.41, 5.74) is -0.516. The van der Waals surface area contributed by atoms with Gasteiger partial charge in [-0.25, -0.2) is 4.79 Å². The van der Waals surface area contributed by atoms with E-state index < -0.39 is 23.7 Å². The lowest BCUT2D eigenvalue weighted by Gasteiger charge is -2.35. The molecule has 0 spiro atoms. The summed E-state index contributed by atoms with van der Waals surface area (Å²) in [6.45, 7) is 6.75. The number of nitrogens with zero attached hydrogens (tertiary/aromatic N) is 1. The molecule has 6 nitrogen and oxygen atoms in total. The minimum Gasteiger partial charge on any atom is -0.480 e. The topological polar surface area (TPSA) is 78.9 Å². The van der Waals surface area contributed by atoms with Crippen LogP contribution in [-0.2, 0) is 9.53 Å². The Hall–Kier alpha value is -1.60. The Labute approximate surface area is 140 Å². The number of carboxylic acids is 1. The zero-order valence-corrected chi connectivity index (χ0v) is 14.6. The van der Waals surface area contributed by atoms with Crippen LogP contribution in [0.3, 0.4) is 0 Å². The van der Waals surface area contributed by atoms with Crippen LogP contribution >= 0.6 is 11.3 Å². The van der Waals surface area contributed by atoms with E-state index in [9.17, 15) is 14.7 Å². The highest BCUT2D eigenvalue weighted by molar-refractivity contribution is 7.10. The molecule has 0 unspecified atom stereocenters. The van der Waals surface area contributed by atoms with E-state index in [1.54, 1.807) is 0 Å². The summed E-state index contributed by atoms with van der Waals surface area (Å²) < 4.78 is 5.26. The van der Waals surface area contributed by atoms with Gasteiger partial charge in [0.25, 0.3) is 0 Å². The number of thiophene rings is 1. The van der Waals surface area contributed by atoms with Crippen molar-refractivity contribution < 1.29 is 19.4 Å². The molecule has 1 fully saturated rings. The molecule has 0 saturated carbocycles. The minimum absolute atomic E-state index is 0.0267. The lowest BCUT2D eigenvalue weighted by atomic mass is 10.0. The second-order valence-corrected chi connectivity index (χ2v) is 7.69. The molecule has 2 heterocycles. The van der Waals surface area contributed by atoms with Crippen molar-refractivity contribution in [1.82, 2.24) is 10.2 Å². The number of amides is 1. The van der Waals surface area contributed by atoms with Crippen LogP contribution in [0.5, 0.6) is 0 Å². The molecule has 7 heteroatoms. The van der Waals surface area contributed by atoms with E-state index in [0.29, 0.717) is 25.9 Å². The molecule has 1 aliphatic rings. The van der Waals surface area contributed by atoms with Gasteiger partial charge in [-0.1, -0.05) is 6.07 Å². The summed E-state index contributed by atoms with van der Waals surface area (Å²) in [6.07, 6.45) is 1.02. The molecule has 2 N–H and O–H groups in total. The second-order valence-electron chi connectivity index (χ2n) is 6.71. The Bertz CT molecular complexity index is 531. The first kappa shape index (κ1) is 17.7. The first-order valence-electron chi connectivity index (χ1n) is 7.76. The number of nitrogens with one attached hydrogen (secondary N) is 1. The molecular weight excluding hydrogens is 316 g/mol. The number of hydrogen-bond donors (Lipinski definition) is 2. The van der Waals surface area contributed by atoms with Gasteiger partial charge < -0.3 is 15.2 Å². The summed E-state index contributed by atoms with van der Waals surface area (Å²) in [5.74, 6) is -0.828. The molecule has 128 valence electrons. The van der Waals surface area contributed by atoms with Crippen molar-refractivity contribution in [3.63, 3.8) is 0 Å². The fourth-order valence-electron chi connectivity index (χ4n) is 2.68. The zero-order chi connectivity index (χ0) is 17.0. The smallest absolute Gasteiger partial charge is 0.407 e. The maximum atomic E-state index is 11.8. The molecule has 0 aliphatic carbocycles. The molecule has 1 aromatic rings. The van der Waals surface area contributed by atoms with Crippen LogP contribution in [0, 0.1) is 0 Å². The van der Waals surface area contributed by atoms with Crippen LogP contribution in [0.25, 0.3) is 0 Å². The standard InChI is InChI=1S/C16H24N2O4S/c1-16(2,3)22-15(21)17-11-6-8-18(9-7-11)13(14(19)20)12-5-4-10-23-12/h4-5,10-11,13H,6-9H2,1-3H3,(H,17,21)(H,19,20)/t13-/m1/s1. The molecule has 0 radical (unpaired) electrons. The SMILES string of the molecule is CC(C)(C)OC(=O)NC1CCN([C@@H](C(=O)O)c2cccs2)CC1. The normalized spacial score (nSPS) is 18.4. The number of carbonyl (C=O) groups is 2. The third-order valence-electron chi connectivity index (χ3n) is 3.66. The molecule has 0 aromatic carbocycles. The summed E-state index contributed by atoms with van der Waals surface area (Å²) in [4.78, 5) is 26.2. The first-order chi connectivity index (χ1) is 10.8. The zero-order valence-electron chi connectivity index (χ0n) is 13.7. The summed E-state index contributed by atoms with van der Waals surface area (Å²) in [5, 5.41) is 14.3. The van der Waals surface area contributed by atoms with Gasteiger partial charge in [-0.2, -0.15) is 0 Å². The highest BCUT2D eigenvalue weighted by Crippen LogP contribution is 2.28. The molecule has 1 saturated heterocycles. The van der Waals surface area contributed by atoms with Crippen molar-refractivity contribution in [1.29, 1.82) is 0 Å². The molecule has 1 atom stereocenters. The van der Waals surface area contributed by atoms with Crippen LogP contribution in [0.2, 0.25) is 0 Å². The third-order valence-corrected chi connectivity index (χ3v) is 4.59. The Kier molecular flexibility index (Phi) is 5.64. The molecule has 2 rings (SSSR count). The summed E-state index contributed by atoms with van der Waals surface area (Å²) in [6, 6.07) is 3.15. The van der Waals surface area contributed by atoms with Crippen LogP contribution in [0.4, 0.5) is 4.79 Å². The fourth-order valence-corrected chi connectivity index (χ4v) is 3.53. The average molecular weight is 340 g/mol. The Morgan fingerprint density at radius 1 is 1.39 bits per heavy atom. The van der Waals surface area contributed by atoms with Gasteiger partial charge >= 0.3 is 12.1 Å². The average Bonchev–Trinajstić information content (AvgIpc) is 2.92. The van der Waals surface area contributed by atoms with Gasteiger partial charge in [-0.3, -0.25) is 9.69 Å². The Morgan fingerprint density at radius 2 is 2.04 bits per heavy atom. The first-order valence-corrected chi connectivity index (χ1v) is 8.64. The number of rotatable bonds is 4. The van der Waals surface area contributed by atoms with Crippen molar-refractivity contribution in [3.8, 4) is 0 Å². The van der Waals surface area contributed by atoms with E-state index >= 15 is 0 Å². The van der Waals surface area contributed by atoms with Gasteiger partial charge in [0.1, 0.15) is 11.6 Å². The largest absolute Gasteiger partial charge is 0.480 e. The van der Waals surface area contributed by atoms with Crippen LogP contribution in [0.15, 0.2) is 17.5 Å². The van der Waals surface area contributed by atoms with Gasteiger partial charge in [0.2, 0.25) is 0 Å². The maximum absolute atomic E-state index is 11.8. The number of hydrogen-bond acceptors (Lipinski definition) is 5. The number of alkyl carbamates (subject to hydrolysis) is 1. The number of ether oxygens (including phenoxy) is 1. The number of aliphatic carboxylic acids is 1. The third kappa shape index (κ3) is 5.21. The van der Waals surface area contributed by atoms with E-state index in [4.69, 9.17) is 4.74 Å². The van der Waals surface area contributed by atoms with E-state index in [0.717, 1.165) is 4.88 Å². The molecular formula is C16H24N2O4S. The highest BCUT2D eigenvalue weighted by Gasteiger charge is 2.32. The van der Waals surface area contributed by atoms with Crippen molar-refractivity contribution >= 4 is 23.4 Å². The number of carbonyl (C=O) groups excluding carboxylic acids is 1. The van der Waals surface area contributed by atoms with Gasteiger partial charge in [0, 0.05) is 24.0 Å². The van der Waals surface area contributed by atoms with E-state index in [1.807, 2.05) is 43.2 Å². The van der Waals surface area contributed by atoms with Crippen molar-refractivity contribution in [3.05, 3.63) is 22.4 Å². The fraction of sp³-hybridized carbons (Fsp3) is 0.625. The quantitative estimate of drug-likeness (QED) is 0.881. The van der Waals surface area contributed by atoms with E-state index in [-0.39, 0.29) is 6.04 Å². The Morgan fingerprint density at radius 3 is 2.52 bits per heavy atom. The minimum atomic E-state index is -0.828. The van der Waals surface area contributed by atoms with Crippen molar-refractivity contribution in [2.45, 2.75) is 51.3 Å². The van der Waals surface area contributed by atoms with Gasteiger partial charge in [-0.05, 0) is 45.1 Å². The van der Waals surface area contributed by atoms with Crippen LogP contribution in [0.1, 0.15) is 44.5 Å². The van der Waals surface area contributed by atoms with Gasteiger partial charge in [0.05, 0.1) is 0 Å². The van der Waals surface area contributed by atoms with Gasteiger partial charge in [0.15, 0.2) is 0 Å². The molecule has 1 aromatic heterocycles. The monoisotopic (exact) mass is 340 g/mol. The number of carboxylic acid groups (broad SMARTS) is 1. The molecule has 1 amide bonds. The number of likely N-dealkylation sites (tertiary alicyclic amines) is 1. The molecule has 1 aliphatic heterocycles. The van der Waals surface area contributed by atoms with E-state index in [2.05, 4.69) is 5.32 Å². The highest BCUT2D eigenvalue weighted by atomic mass is 32.1. The molecule has 0 bridgehead atoms. The van der Waals surface area contributed by atoms with Crippen LogP contribution < -0.4 is 5.32 Å². The Balaban J connectivity index is 1.88. The van der Waals surface area contributed by atoms with E-state index in [1.165, 1.54) is 11.3 Å². The lowest BCUT2D eigenvalue weighted by molar-refractivity contribution is -0.144. The van der Waals surface area contributed by atoms with Crippen LogP contribution in [-0.4, -0.2) is 46.8 Å². The predicted octanol–water partition coefficient (Wildman–Crippen LogP) is 2.86. The number of piperidine rings is 1. The predicted molar refractivity (Wildman–Crippen MR) is 88.7 cm³/mol. The maximum Gasteiger partial charge on any atom is 0.407 e. The lowest BCUT2D eigenvalue weighted by Crippen LogP contribution is -2.47. The summed E-state index contributed by atoms with van der Waals surface area (Å²) in [7, 11) is 0. The van der Waals surface area contributed by atoms with Crippen molar-refractivity contribution in [2.75, 3.05) is 13.1 Å². The summed E-state index contributed by atoms with van der Waals surface area (Å²) >= 11 is 1.46. The molecule has 23 heavy (non-hydrogen) atoms. The van der Waals surface area contributed by atoms with Gasteiger partial charge in [-0.15, -0.1) is 11.3 Å². The second kappa shape index (κ2) is 7.31.